The van der Waals surface area contributed by atoms with E-state index in [2.05, 4.69) is 26.0 Å². The monoisotopic (exact) mass is 271 g/mol. The third kappa shape index (κ3) is 5.33. The average Bonchev–Trinajstić information content (AvgIpc) is 2.30. The molecule has 0 heterocycles. The molecule has 0 spiro atoms. The van der Waals surface area contributed by atoms with Crippen molar-refractivity contribution in [1.82, 2.24) is 0 Å². The van der Waals surface area contributed by atoms with Gasteiger partial charge in [-0.05, 0) is 36.8 Å². The second-order valence-electron chi connectivity index (χ2n) is 4.41. The number of hydrogen-bond acceptors (Lipinski definition) is 2. The summed E-state index contributed by atoms with van der Waals surface area (Å²) in [6.07, 6.45) is 3.85. The van der Waals surface area contributed by atoms with Crippen LogP contribution in [-0.2, 0) is 0 Å². The van der Waals surface area contributed by atoms with Crippen molar-refractivity contribution < 1.29 is 0 Å². The first kappa shape index (κ1) is 14.9. The summed E-state index contributed by atoms with van der Waals surface area (Å²) in [5, 5.41) is 1.16. The fraction of sp³-hybridized carbons (Fsp3) is 0.571. The van der Waals surface area contributed by atoms with Crippen LogP contribution in [0.3, 0.4) is 0 Å². The zero-order chi connectivity index (χ0) is 12.7. The van der Waals surface area contributed by atoms with Crippen molar-refractivity contribution in [2.24, 2.45) is 5.73 Å². The minimum absolute atomic E-state index is 0.169. The van der Waals surface area contributed by atoms with Gasteiger partial charge in [0.15, 0.2) is 0 Å². The summed E-state index contributed by atoms with van der Waals surface area (Å²) >= 11 is 7.86. The molecule has 0 amide bonds. The lowest BCUT2D eigenvalue weighted by Crippen LogP contribution is -2.22. The molecule has 1 aromatic carbocycles. The van der Waals surface area contributed by atoms with Crippen LogP contribution in [0, 0.1) is 0 Å². The van der Waals surface area contributed by atoms with Crippen molar-refractivity contribution in [3.05, 3.63) is 34.9 Å². The van der Waals surface area contributed by atoms with Gasteiger partial charge in [-0.25, -0.2) is 0 Å². The zero-order valence-corrected chi connectivity index (χ0v) is 12.2. The number of nitrogens with two attached hydrogens (primary N) is 1. The first-order valence-electron chi connectivity index (χ1n) is 6.27. The van der Waals surface area contributed by atoms with Gasteiger partial charge in [-0.1, -0.05) is 43.5 Å². The van der Waals surface area contributed by atoms with Gasteiger partial charge < -0.3 is 5.73 Å². The predicted octanol–water partition coefficient (Wildman–Crippen LogP) is 4.65. The quantitative estimate of drug-likeness (QED) is 0.731. The second-order valence-corrected chi connectivity index (χ2v) is 6.10. The molecule has 0 saturated carbocycles. The van der Waals surface area contributed by atoms with Gasteiger partial charge in [0.05, 0.1) is 0 Å². The summed E-state index contributed by atoms with van der Waals surface area (Å²) in [6, 6.07) is 8.23. The maximum atomic E-state index is 6.07. The van der Waals surface area contributed by atoms with E-state index < -0.39 is 0 Å². The zero-order valence-electron chi connectivity index (χ0n) is 10.7. The highest BCUT2D eigenvalue weighted by Crippen LogP contribution is 2.32. The molecule has 2 unspecified atom stereocenters. The van der Waals surface area contributed by atoms with Gasteiger partial charge >= 0.3 is 0 Å². The lowest BCUT2D eigenvalue weighted by atomic mass is 10.1. The molecule has 1 aromatic rings. The molecule has 3 heteroatoms. The van der Waals surface area contributed by atoms with Crippen LogP contribution in [0.2, 0.25) is 5.02 Å². The molecule has 0 bridgehead atoms. The molecule has 0 aliphatic heterocycles. The van der Waals surface area contributed by atoms with Crippen molar-refractivity contribution >= 4 is 23.4 Å². The maximum absolute atomic E-state index is 6.07. The Morgan fingerprint density at radius 2 is 1.88 bits per heavy atom. The van der Waals surface area contributed by atoms with Gasteiger partial charge in [0.2, 0.25) is 0 Å². The minimum atomic E-state index is 0.169. The summed E-state index contributed by atoms with van der Waals surface area (Å²) in [7, 11) is 0. The Kier molecular flexibility index (Phi) is 7.02. The summed E-state index contributed by atoms with van der Waals surface area (Å²) in [5.74, 6) is 1.18. The summed E-state index contributed by atoms with van der Waals surface area (Å²) in [5.41, 5.74) is 7.35. The Morgan fingerprint density at radius 1 is 1.24 bits per heavy atom. The molecule has 0 aliphatic carbocycles. The molecule has 0 fully saturated rings. The van der Waals surface area contributed by atoms with E-state index in [1.165, 1.54) is 30.6 Å². The average molecular weight is 272 g/mol. The predicted molar refractivity (Wildman–Crippen MR) is 79.8 cm³/mol. The van der Waals surface area contributed by atoms with Gasteiger partial charge in [0.25, 0.3) is 0 Å². The van der Waals surface area contributed by atoms with Crippen LogP contribution in [-0.4, -0.2) is 11.8 Å². The Balaban J connectivity index is 2.56. The number of benzene rings is 1. The molecule has 0 saturated heterocycles. The standard InChI is InChI=1S/C14H22ClNS/c1-3-4-5-10-17-14(11(2)16)12-6-8-13(15)9-7-12/h6-9,11,14H,3-5,10,16H2,1-2H3. The van der Waals surface area contributed by atoms with Crippen molar-refractivity contribution in [2.45, 2.75) is 44.4 Å². The summed E-state index contributed by atoms with van der Waals surface area (Å²) in [4.78, 5) is 0. The van der Waals surface area contributed by atoms with E-state index >= 15 is 0 Å². The van der Waals surface area contributed by atoms with E-state index in [9.17, 15) is 0 Å². The fourth-order valence-corrected chi connectivity index (χ4v) is 3.17. The first-order chi connectivity index (χ1) is 8.15. The van der Waals surface area contributed by atoms with E-state index in [-0.39, 0.29) is 6.04 Å². The molecular weight excluding hydrogens is 250 g/mol. The van der Waals surface area contributed by atoms with Crippen molar-refractivity contribution in [2.75, 3.05) is 5.75 Å². The number of halogens is 1. The van der Waals surface area contributed by atoms with Gasteiger partial charge in [0, 0.05) is 16.3 Å². The Hall–Kier alpha value is -0.180. The third-order valence-corrected chi connectivity index (χ3v) is 4.56. The molecule has 0 aliphatic rings. The molecule has 2 atom stereocenters. The van der Waals surface area contributed by atoms with Gasteiger partial charge in [-0.3, -0.25) is 0 Å². The van der Waals surface area contributed by atoms with E-state index in [4.69, 9.17) is 17.3 Å². The lowest BCUT2D eigenvalue weighted by Gasteiger charge is -2.21. The van der Waals surface area contributed by atoms with E-state index in [0.717, 1.165) is 5.02 Å². The molecular formula is C14H22ClNS. The highest BCUT2D eigenvalue weighted by molar-refractivity contribution is 7.99. The number of unbranched alkanes of at least 4 members (excludes halogenated alkanes) is 2. The van der Waals surface area contributed by atoms with Crippen LogP contribution < -0.4 is 5.73 Å². The highest BCUT2D eigenvalue weighted by Gasteiger charge is 2.16. The van der Waals surface area contributed by atoms with Crippen LogP contribution in [0.1, 0.15) is 43.9 Å². The molecule has 1 nitrogen and oxygen atoms in total. The van der Waals surface area contributed by atoms with E-state index in [1.54, 1.807) is 0 Å². The van der Waals surface area contributed by atoms with Gasteiger partial charge in [0.1, 0.15) is 0 Å². The van der Waals surface area contributed by atoms with Crippen LogP contribution in [0.4, 0.5) is 0 Å². The van der Waals surface area contributed by atoms with Crippen LogP contribution in [0.5, 0.6) is 0 Å². The Bertz CT molecular complexity index is 311. The topological polar surface area (TPSA) is 26.0 Å². The second kappa shape index (κ2) is 8.02. The lowest BCUT2D eigenvalue weighted by molar-refractivity contribution is 0.716. The first-order valence-corrected chi connectivity index (χ1v) is 7.70. The smallest absolute Gasteiger partial charge is 0.0445 e. The van der Waals surface area contributed by atoms with Crippen molar-refractivity contribution in [3.8, 4) is 0 Å². The van der Waals surface area contributed by atoms with Crippen molar-refractivity contribution in [3.63, 3.8) is 0 Å². The number of thioether (sulfide) groups is 1. The Morgan fingerprint density at radius 3 is 2.41 bits per heavy atom. The summed E-state index contributed by atoms with van der Waals surface area (Å²) in [6.45, 7) is 4.30. The molecule has 17 heavy (non-hydrogen) atoms. The van der Waals surface area contributed by atoms with Gasteiger partial charge in [-0.15, -0.1) is 0 Å². The maximum Gasteiger partial charge on any atom is 0.0445 e. The minimum Gasteiger partial charge on any atom is -0.327 e. The van der Waals surface area contributed by atoms with Crippen LogP contribution >= 0.6 is 23.4 Å². The molecule has 0 aromatic heterocycles. The van der Waals surface area contributed by atoms with E-state index in [0.29, 0.717) is 5.25 Å². The largest absolute Gasteiger partial charge is 0.327 e. The fourth-order valence-electron chi connectivity index (χ4n) is 1.77. The molecule has 96 valence electrons. The third-order valence-electron chi connectivity index (χ3n) is 2.72. The van der Waals surface area contributed by atoms with Crippen molar-refractivity contribution in [1.29, 1.82) is 0 Å². The summed E-state index contributed by atoms with van der Waals surface area (Å²) < 4.78 is 0. The van der Waals surface area contributed by atoms with Crippen LogP contribution in [0.25, 0.3) is 0 Å². The molecule has 1 rings (SSSR count). The van der Waals surface area contributed by atoms with Crippen LogP contribution in [0.15, 0.2) is 24.3 Å². The Labute approximate surface area is 114 Å². The SMILES string of the molecule is CCCCCSC(c1ccc(Cl)cc1)C(C)N. The van der Waals surface area contributed by atoms with E-state index in [1.807, 2.05) is 23.9 Å². The van der Waals surface area contributed by atoms with Gasteiger partial charge in [-0.2, -0.15) is 11.8 Å². The highest BCUT2D eigenvalue weighted by atomic mass is 35.5. The molecule has 2 N–H and O–H groups in total. The molecule has 0 radical (unpaired) electrons. The number of rotatable bonds is 7. The normalized spacial score (nSPS) is 14.6. The number of hydrogen-bond donors (Lipinski definition) is 1.